The summed E-state index contributed by atoms with van der Waals surface area (Å²) in [5, 5.41) is 9.60. The van der Waals surface area contributed by atoms with Gasteiger partial charge in [-0.15, -0.1) is 13.2 Å². The van der Waals surface area contributed by atoms with Gasteiger partial charge in [0.15, 0.2) is 6.04 Å². The smallest absolute Gasteiger partial charge is 0.479 e. The lowest BCUT2D eigenvalue weighted by atomic mass is 9.92. The van der Waals surface area contributed by atoms with E-state index in [2.05, 4.69) is 4.74 Å². The minimum atomic E-state index is -4.83. The fourth-order valence-corrected chi connectivity index (χ4v) is 3.23. The van der Waals surface area contributed by atoms with E-state index in [1.807, 2.05) is 6.07 Å². The molecule has 5 nitrogen and oxygen atoms in total. The van der Waals surface area contributed by atoms with Crippen LogP contribution in [0.3, 0.4) is 0 Å². The highest BCUT2D eigenvalue weighted by Crippen LogP contribution is 2.31. The van der Waals surface area contributed by atoms with Gasteiger partial charge in [-0.25, -0.2) is 4.79 Å². The molecule has 0 saturated heterocycles. The van der Waals surface area contributed by atoms with Crippen LogP contribution in [-0.4, -0.2) is 34.8 Å². The number of hydrogen-bond donors (Lipinski definition) is 1. The first-order valence-electron chi connectivity index (χ1n) is 8.19. The summed E-state index contributed by atoms with van der Waals surface area (Å²) in [7, 11) is 0. The molecule has 0 fully saturated rings. The number of aliphatic carboxylic acids is 1. The first kappa shape index (κ1) is 18.8. The molecule has 1 aliphatic heterocycles. The number of carboxylic acids is 1. The van der Waals surface area contributed by atoms with Gasteiger partial charge in [-0.3, -0.25) is 4.79 Å². The zero-order valence-corrected chi connectivity index (χ0v) is 14.1. The maximum absolute atomic E-state index is 12.7. The van der Waals surface area contributed by atoms with Crippen LogP contribution in [0.1, 0.15) is 22.7 Å². The lowest BCUT2D eigenvalue weighted by Gasteiger charge is -2.34. The van der Waals surface area contributed by atoms with Gasteiger partial charge < -0.3 is 14.7 Å². The Hall–Kier alpha value is -3.03. The second-order valence-corrected chi connectivity index (χ2v) is 6.15. The van der Waals surface area contributed by atoms with Crippen LogP contribution in [0.4, 0.5) is 13.2 Å². The first-order chi connectivity index (χ1) is 12.7. The topological polar surface area (TPSA) is 66.8 Å². The number of amides is 1. The van der Waals surface area contributed by atoms with Crippen molar-refractivity contribution >= 4 is 11.9 Å². The van der Waals surface area contributed by atoms with Gasteiger partial charge in [0.2, 0.25) is 5.91 Å². The van der Waals surface area contributed by atoms with Crippen molar-refractivity contribution in [3.8, 4) is 5.75 Å². The number of halogens is 3. The third kappa shape index (κ3) is 4.39. The Morgan fingerprint density at radius 2 is 1.89 bits per heavy atom. The van der Waals surface area contributed by atoms with E-state index in [9.17, 15) is 27.9 Å². The van der Waals surface area contributed by atoms with Gasteiger partial charge in [0, 0.05) is 6.54 Å². The minimum Gasteiger partial charge on any atom is -0.479 e. The summed E-state index contributed by atoms with van der Waals surface area (Å²) in [6.07, 6.45) is -4.53. The molecule has 0 saturated carbocycles. The van der Waals surface area contributed by atoms with Crippen LogP contribution in [0.25, 0.3) is 0 Å². The molecule has 0 spiro atoms. The second-order valence-electron chi connectivity index (χ2n) is 6.15. The number of carbonyl (C=O) groups excluding carboxylic acids is 1. The van der Waals surface area contributed by atoms with Crippen LogP contribution in [0.2, 0.25) is 0 Å². The molecule has 2 aromatic carbocycles. The average Bonchev–Trinajstić information content (AvgIpc) is 2.59. The Kier molecular flexibility index (Phi) is 5.07. The first-order valence-corrected chi connectivity index (χ1v) is 8.19. The summed E-state index contributed by atoms with van der Waals surface area (Å²) in [4.78, 5) is 25.7. The van der Waals surface area contributed by atoms with E-state index in [0.717, 1.165) is 17.7 Å². The Morgan fingerprint density at radius 3 is 2.59 bits per heavy atom. The molecule has 0 aromatic heterocycles. The third-order valence-electron chi connectivity index (χ3n) is 4.33. The molecule has 27 heavy (non-hydrogen) atoms. The van der Waals surface area contributed by atoms with Crippen molar-refractivity contribution in [3.05, 3.63) is 65.2 Å². The minimum absolute atomic E-state index is 0.221. The fourth-order valence-electron chi connectivity index (χ4n) is 3.23. The number of fused-ring (bicyclic) bond motifs is 1. The Balaban J connectivity index is 1.80. The molecular formula is C19H16F3NO4. The molecule has 0 radical (unpaired) electrons. The van der Waals surface area contributed by atoms with E-state index in [-0.39, 0.29) is 13.0 Å². The highest BCUT2D eigenvalue weighted by molar-refractivity contribution is 5.86. The van der Waals surface area contributed by atoms with Crippen LogP contribution in [0, 0.1) is 0 Å². The maximum atomic E-state index is 12.7. The number of hydrogen-bond acceptors (Lipinski definition) is 3. The van der Waals surface area contributed by atoms with Gasteiger partial charge >= 0.3 is 12.3 Å². The van der Waals surface area contributed by atoms with Gasteiger partial charge in [-0.05, 0) is 35.2 Å². The van der Waals surface area contributed by atoms with Crippen LogP contribution in [0.15, 0.2) is 48.5 Å². The number of nitrogens with zero attached hydrogens (tertiary/aromatic N) is 1. The van der Waals surface area contributed by atoms with Crippen LogP contribution in [-0.2, 0) is 22.4 Å². The van der Waals surface area contributed by atoms with Gasteiger partial charge in [0.1, 0.15) is 5.75 Å². The number of rotatable bonds is 4. The lowest BCUT2D eigenvalue weighted by Crippen LogP contribution is -2.44. The number of ether oxygens (including phenoxy) is 1. The SMILES string of the molecule is O=C(O)C1c2ccccc2CCN1C(=O)Cc1cccc(OC(F)(F)F)c1. The van der Waals surface area contributed by atoms with Crippen LogP contribution in [0.5, 0.6) is 5.75 Å². The molecule has 3 rings (SSSR count). The van der Waals surface area contributed by atoms with Gasteiger partial charge in [-0.2, -0.15) is 0 Å². The van der Waals surface area contributed by atoms with E-state index in [1.165, 1.54) is 17.0 Å². The standard InChI is InChI=1S/C19H16F3NO4/c20-19(21,22)27-14-6-3-4-12(10-14)11-16(24)23-9-8-13-5-1-2-7-15(13)17(23)18(25)26/h1-7,10,17H,8-9,11H2,(H,25,26). The predicted molar refractivity (Wildman–Crippen MR) is 89.1 cm³/mol. The summed E-state index contributed by atoms with van der Waals surface area (Å²) < 4.78 is 40.9. The van der Waals surface area contributed by atoms with Gasteiger partial charge in [0.25, 0.3) is 0 Å². The number of alkyl halides is 3. The average molecular weight is 379 g/mol. The third-order valence-corrected chi connectivity index (χ3v) is 4.33. The molecule has 1 N–H and O–H groups in total. The van der Waals surface area contributed by atoms with Crippen molar-refractivity contribution in [1.82, 2.24) is 4.90 Å². The van der Waals surface area contributed by atoms with Crippen molar-refractivity contribution in [2.75, 3.05) is 6.54 Å². The second kappa shape index (κ2) is 7.30. The van der Waals surface area contributed by atoms with Crippen molar-refractivity contribution < 1.29 is 32.6 Å². The zero-order chi connectivity index (χ0) is 19.6. The lowest BCUT2D eigenvalue weighted by molar-refractivity contribution is -0.274. The number of carboxylic acid groups (broad SMARTS) is 1. The van der Waals surface area contributed by atoms with E-state index in [4.69, 9.17) is 0 Å². The monoisotopic (exact) mass is 379 g/mol. The van der Waals surface area contributed by atoms with E-state index in [1.54, 1.807) is 18.2 Å². The Labute approximate surface area is 153 Å². The fraction of sp³-hybridized carbons (Fsp3) is 0.263. The molecule has 1 unspecified atom stereocenters. The molecule has 1 heterocycles. The molecule has 1 amide bonds. The van der Waals surface area contributed by atoms with Gasteiger partial charge in [-0.1, -0.05) is 36.4 Å². The van der Waals surface area contributed by atoms with E-state index >= 15 is 0 Å². The molecule has 1 atom stereocenters. The summed E-state index contributed by atoms with van der Waals surface area (Å²) in [5.74, 6) is -2.04. The predicted octanol–water partition coefficient (Wildman–Crippen LogP) is 3.34. The maximum Gasteiger partial charge on any atom is 0.573 e. The van der Waals surface area contributed by atoms with Crippen molar-refractivity contribution in [3.63, 3.8) is 0 Å². The summed E-state index contributed by atoms with van der Waals surface area (Å²) in [5.41, 5.74) is 1.73. The normalized spacial score (nSPS) is 16.6. The largest absolute Gasteiger partial charge is 0.573 e. The molecule has 2 aromatic rings. The molecule has 8 heteroatoms. The van der Waals surface area contributed by atoms with E-state index in [0.29, 0.717) is 17.5 Å². The molecule has 1 aliphatic rings. The van der Waals surface area contributed by atoms with Gasteiger partial charge in [0.05, 0.1) is 6.42 Å². The molecular weight excluding hydrogens is 363 g/mol. The number of benzene rings is 2. The Bertz CT molecular complexity index is 866. The quantitative estimate of drug-likeness (QED) is 0.885. The summed E-state index contributed by atoms with van der Waals surface area (Å²) in [6.45, 7) is 0.228. The van der Waals surface area contributed by atoms with Crippen molar-refractivity contribution in [2.45, 2.75) is 25.2 Å². The molecule has 142 valence electrons. The summed E-state index contributed by atoms with van der Waals surface area (Å²) >= 11 is 0. The van der Waals surface area contributed by atoms with Crippen LogP contribution >= 0.6 is 0 Å². The zero-order valence-electron chi connectivity index (χ0n) is 14.1. The molecule has 0 bridgehead atoms. The van der Waals surface area contributed by atoms with Crippen molar-refractivity contribution in [1.29, 1.82) is 0 Å². The molecule has 0 aliphatic carbocycles. The van der Waals surface area contributed by atoms with Crippen molar-refractivity contribution in [2.24, 2.45) is 0 Å². The number of carbonyl (C=O) groups is 2. The highest BCUT2D eigenvalue weighted by atomic mass is 19.4. The highest BCUT2D eigenvalue weighted by Gasteiger charge is 2.35. The summed E-state index contributed by atoms with van der Waals surface area (Å²) in [6, 6.07) is 11.0. The van der Waals surface area contributed by atoms with Crippen LogP contribution < -0.4 is 4.74 Å². The Morgan fingerprint density at radius 1 is 1.15 bits per heavy atom. The van der Waals surface area contributed by atoms with E-state index < -0.39 is 30.0 Å².